The van der Waals surface area contributed by atoms with Crippen molar-refractivity contribution in [3.63, 3.8) is 0 Å². The van der Waals surface area contributed by atoms with Gasteiger partial charge in [-0.1, -0.05) is 48.5 Å². The number of hydrogen-bond acceptors (Lipinski definition) is 4. The number of ether oxygens (including phenoxy) is 1. The van der Waals surface area contributed by atoms with Crippen molar-refractivity contribution in [2.75, 3.05) is 13.2 Å². The lowest BCUT2D eigenvalue weighted by molar-refractivity contribution is 0.0186. The summed E-state index contributed by atoms with van der Waals surface area (Å²) in [6.45, 7) is 0.0966. The van der Waals surface area contributed by atoms with E-state index in [4.69, 9.17) is 4.74 Å². The molecule has 3 aromatic rings. The molecule has 0 spiro atoms. The number of rotatable bonds is 6. The van der Waals surface area contributed by atoms with Crippen molar-refractivity contribution in [1.29, 1.82) is 0 Å². The van der Waals surface area contributed by atoms with E-state index < -0.39 is 18.3 Å². The highest BCUT2D eigenvalue weighted by Gasteiger charge is 2.29. The molecule has 0 saturated carbocycles. The smallest absolute Gasteiger partial charge is 0.407 e. The van der Waals surface area contributed by atoms with E-state index in [2.05, 4.69) is 34.6 Å². The summed E-state index contributed by atoms with van der Waals surface area (Å²) in [5.74, 6) is -0.0199. The quantitative estimate of drug-likeness (QED) is 0.530. The lowest BCUT2D eigenvalue weighted by atomic mass is 9.98. The van der Waals surface area contributed by atoms with Gasteiger partial charge in [0.2, 0.25) is 0 Å². The van der Waals surface area contributed by atoms with Crippen molar-refractivity contribution in [3.8, 4) is 11.1 Å². The second kappa shape index (κ2) is 7.88. The van der Waals surface area contributed by atoms with Gasteiger partial charge in [-0.05, 0) is 28.3 Å². The van der Waals surface area contributed by atoms with Gasteiger partial charge in [0.15, 0.2) is 0 Å². The number of amides is 1. The van der Waals surface area contributed by atoms with Crippen LogP contribution >= 0.6 is 0 Å². The fraction of sp³-hybridized carbons (Fsp3) is 0.227. The van der Waals surface area contributed by atoms with Gasteiger partial charge in [-0.25, -0.2) is 4.79 Å². The number of aromatic nitrogens is 1. The second-order valence-corrected chi connectivity index (χ2v) is 6.86. The minimum atomic E-state index is -1.13. The van der Waals surface area contributed by atoms with E-state index in [1.54, 1.807) is 18.5 Å². The fourth-order valence-electron chi connectivity index (χ4n) is 3.69. The van der Waals surface area contributed by atoms with Crippen LogP contribution in [-0.2, 0) is 4.74 Å². The average Bonchev–Trinajstić information content (AvgIpc) is 3.37. The predicted molar refractivity (Wildman–Crippen MR) is 105 cm³/mol. The largest absolute Gasteiger partial charge is 0.449 e. The standard InChI is InChI=1S/C22H22N2O4/c25-20(21(26)14-9-10-23-11-14)12-24-22(27)28-13-19-17-7-3-1-5-15(17)16-6-2-4-8-18(16)19/h1-11,19-21,23,25-26H,12-13H2,(H,24,27). The van der Waals surface area contributed by atoms with Crippen molar-refractivity contribution >= 4 is 6.09 Å². The summed E-state index contributed by atoms with van der Waals surface area (Å²) < 4.78 is 5.41. The highest BCUT2D eigenvalue weighted by atomic mass is 16.5. The minimum absolute atomic E-state index is 0.0199. The second-order valence-electron chi connectivity index (χ2n) is 6.86. The molecule has 4 rings (SSSR count). The fourth-order valence-corrected chi connectivity index (χ4v) is 3.69. The summed E-state index contributed by atoms with van der Waals surface area (Å²) in [4.78, 5) is 14.9. The Labute approximate surface area is 162 Å². The average molecular weight is 378 g/mol. The lowest BCUT2D eigenvalue weighted by Gasteiger charge is -2.18. The van der Waals surface area contributed by atoms with E-state index in [9.17, 15) is 15.0 Å². The molecular formula is C22H22N2O4. The van der Waals surface area contributed by atoms with E-state index in [1.807, 2.05) is 24.3 Å². The molecular weight excluding hydrogens is 356 g/mol. The number of aromatic amines is 1. The molecule has 0 saturated heterocycles. The van der Waals surface area contributed by atoms with Crippen molar-refractivity contribution in [1.82, 2.24) is 10.3 Å². The molecule has 0 radical (unpaired) electrons. The van der Waals surface area contributed by atoms with Crippen LogP contribution in [0.15, 0.2) is 67.0 Å². The number of carbonyl (C=O) groups excluding carboxylic acids is 1. The molecule has 0 aliphatic heterocycles. The molecule has 28 heavy (non-hydrogen) atoms. The van der Waals surface area contributed by atoms with E-state index >= 15 is 0 Å². The molecule has 4 N–H and O–H groups in total. The van der Waals surface area contributed by atoms with E-state index in [0.29, 0.717) is 5.56 Å². The van der Waals surface area contributed by atoms with Gasteiger partial charge in [-0.3, -0.25) is 0 Å². The first-order chi connectivity index (χ1) is 13.6. The number of carbonyl (C=O) groups is 1. The van der Waals surface area contributed by atoms with Crippen LogP contribution in [0.4, 0.5) is 4.79 Å². The molecule has 1 aliphatic rings. The Kier molecular flexibility index (Phi) is 5.14. The molecule has 144 valence electrons. The van der Waals surface area contributed by atoms with Crippen LogP contribution in [0.3, 0.4) is 0 Å². The molecule has 1 heterocycles. The number of fused-ring (bicyclic) bond motifs is 3. The van der Waals surface area contributed by atoms with Crippen LogP contribution in [0.5, 0.6) is 0 Å². The highest BCUT2D eigenvalue weighted by Crippen LogP contribution is 2.44. The molecule has 2 unspecified atom stereocenters. The Bertz CT molecular complexity index is 909. The third-order valence-electron chi connectivity index (χ3n) is 5.13. The minimum Gasteiger partial charge on any atom is -0.449 e. The predicted octanol–water partition coefficient (Wildman–Crippen LogP) is 2.95. The van der Waals surface area contributed by atoms with Gasteiger partial charge in [0, 0.05) is 30.4 Å². The summed E-state index contributed by atoms with van der Waals surface area (Å²) in [5.41, 5.74) is 5.16. The molecule has 2 aromatic carbocycles. The molecule has 2 atom stereocenters. The van der Waals surface area contributed by atoms with Crippen LogP contribution in [-0.4, -0.2) is 40.5 Å². The number of hydrogen-bond donors (Lipinski definition) is 4. The molecule has 0 bridgehead atoms. The van der Waals surface area contributed by atoms with Crippen molar-refractivity contribution in [3.05, 3.63) is 83.7 Å². The summed E-state index contributed by atoms with van der Waals surface area (Å²) in [7, 11) is 0. The molecule has 1 amide bonds. The van der Waals surface area contributed by atoms with Crippen molar-refractivity contribution in [2.24, 2.45) is 0 Å². The molecule has 1 aromatic heterocycles. The zero-order valence-electron chi connectivity index (χ0n) is 15.2. The number of alkyl carbamates (subject to hydrolysis) is 1. The first-order valence-electron chi connectivity index (χ1n) is 9.23. The summed E-state index contributed by atoms with van der Waals surface area (Å²) >= 11 is 0. The van der Waals surface area contributed by atoms with Crippen LogP contribution in [0, 0.1) is 0 Å². The Morgan fingerprint density at radius 2 is 1.68 bits per heavy atom. The normalized spacial score (nSPS) is 14.8. The molecule has 1 aliphatic carbocycles. The summed E-state index contributed by atoms with van der Waals surface area (Å²) in [6, 6.07) is 17.9. The Balaban J connectivity index is 1.35. The Morgan fingerprint density at radius 3 is 2.29 bits per heavy atom. The maximum Gasteiger partial charge on any atom is 0.407 e. The van der Waals surface area contributed by atoms with E-state index in [0.717, 1.165) is 22.3 Å². The number of aliphatic hydroxyl groups is 2. The third kappa shape index (κ3) is 3.52. The van der Waals surface area contributed by atoms with E-state index in [-0.39, 0.29) is 19.1 Å². The van der Waals surface area contributed by atoms with Gasteiger partial charge in [0.05, 0.1) is 0 Å². The van der Waals surface area contributed by atoms with Gasteiger partial charge in [0.25, 0.3) is 0 Å². The van der Waals surface area contributed by atoms with Crippen molar-refractivity contribution in [2.45, 2.75) is 18.1 Å². The molecule has 6 nitrogen and oxygen atoms in total. The van der Waals surface area contributed by atoms with Crippen molar-refractivity contribution < 1.29 is 19.7 Å². The van der Waals surface area contributed by atoms with Crippen LogP contribution in [0.25, 0.3) is 11.1 Å². The zero-order chi connectivity index (χ0) is 19.5. The Morgan fingerprint density at radius 1 is 1.04 bits per heavy atom. The first-order valence-corrected chi connectivity index (χ1v) is 9.23. The van der Waals surface area contributed by atoms with Gasteiger partial charge >= 0.3 is 6.09 Å². The maximum absolute atomic E-state index is 12.1. The van der Waals surface area contributed by atoms with Gasteiger partial charge in [-0.2, -0.15) is 0 Å². The summed E-state index contributed by atoms with van der Waals surface area (Å²) in [6.07, 6.45) is 0.421. The van der Waals surface area contributed by atoms with Crippen LogP contribution in [0.2, 0.25) is 0 Å². The first kappa shape index (κ1) is 18.3. The third-order valence-corrected chi connectivity index (χ3v) is 5.13. The zero-order valence-corrected chi connectivity index (χ0v) is 15.2. The number of nitrogens with one attached hydrogen (secondary N) is 2. The summed E-state index contributed by atoms with van der Waals surface area (Å²) in [5, 5.41) is 22.6. The van der Waals surface area contributed by atoms with Gasteiger partial charge in [-0.15, -0.1) is 0 Å². The maximum atomic E-state index is 12.1. The number of aliphatic hydroxyl groups excluding tert-OH is 2. The highest BCUT2D eigenvalue weighted by molar-refractivity contribution is 5.79. The van der Waals surface area contributed by atoms with Gasteiger partial charge in [0.1, 0.15) is 18.8 Å². The molecule has 0 fully saturated rings. The van der Waals surface area contributed by atoms with Crippen LogP contribution < -0.4 is 5.32 Å². The molecule has 6 heteroatoms. The SMILES string of the molecule is O=C(NCC(O)C(O)c1cc[nH]c1)OCC1c2ccccc2-c2ccccc21. The monoisotopic (exact) mass is 378 g/mol. The van der Waals surface area contributed by atoms with Gasteiger partial charge < -0.3 is 25.3 Å². The number of benzene rings is 2. The number of H-pyrrole nitrogens is 1. The van der Waals surface area contributed by atoms with E-state index in [1.165, 1.54) is 0 Å². The topological polar surface area (TPSA) is 94.6 Å². The lowest BCUT2D eigenvalue weighted by Crippen LogP contribution is -2.36. The van der Waals surface area contributed by atoms with Crippen LogP contribution in [0.1, 0.15) is 28.7 Å². The Hall–Kier alpha value is -3.09.